The largest absolute Gasteiger partial charge is 0.373 e. The molecule has 2 saturated heterocycles. The Kier molecular flexibility index (Phi) is 6.25. The molecule has 0 amide bonds. The van der Waals surface area contributed by atoms with E-state index in [4.69, 9.17) is 4.74 Å². The Morgan fingerprint density at radius 3 is 2.73 bits per heavy atom. The van der Waals surface area contributed by atoms with E-state index < -0.39 is 0 Å². The molecule has 30 heavy (non-hydrogen) atoms. The van der Waals surface area contributed by atoms with Gasteiger partial charge in [-0.1, -0.05) is 48.5 Å². The summed E-state index contributed by atoms with van der Waals surface area (Å²) in [6.45, 7) is 4.46. The van der Waals surface area contributed by atoms with Gasteiger partial charge in [0.05, 0.1) is 23.7 Å². The van der Waals surface area contributed by atoms with Gasteiger partial charge >= 0.3 is 0 Å². The maximum absolute atomic E-state index is 11.3. The molecule has 0 radical (unpaired) electrons. The van der Waals surface area contributed by atoms with Crippen LogP contribution in [0.1, 0.15) is 11.1 Å². The molecule has 4 rings (SSSR count). The molecule has 158 valence electrons. The van der Waals surface area contributed by atoms with Crippen LogP contribution in [0.15, 0.2) is 59.6 Å². The number of para-hydroxylation sites is 1. The molecule has 0 aromatic heterocycles. The number of hydrogen-bond donors (Lipinski definition) is 1. The molecule has 0 bridgehead atoms. The van der Waals surface area contributed by atoms with E-state index in [1.165, 1.54) is 11.6 Å². The lowest BCUT2D eigenvalue weighted by Crippen LogP contribution is -2.50. The molecule has 2 aliphatic rings. The fraction of sp³-hybridized carbons (Fsp3) is 0.409. The summed E-state index contributed by atoms with van der Waals surface area (Å²) in [5.74, 6) is 0.741. The topological polar surface area (TPSA) is 83.2 Å². The molecule has 2 heterocycles. The van der Waals surface area contributed by atoms with Crippen molar-refractivity contribution in [2.75, 3.05) is 33.3 Å². The number of nitro groups is 1. The van der Waals surface area contributed by atoms with Crippen LogP contribution in [0, 0.1) is 10.1 Å². The van der Waals surface area contributed by atoms with Gasteiger partial charge in [-0.05, 0) is 5.56 Å². The number of guanidine groups is 1. The maximum Gasteiger partial charge on any atom is 0.274 e. The normalized spacial score (nSPS) is 22.0. The number of hydrogen-bond acceptors (Lipinski definition) is 5. The van der Waals surface area contributed by atoms with Crippen molar-refractivity contribution >= 4 is 11.6 Å². The SMILES string of the molecule is CN=C(NCc1ccccc1[N+](=O)[O-])N1CC2OCCN(Cc3ccccc3)C2C1. The number of ether oxygens (including phenoxy) is 1. The Bertz CT molecular complexity index is 905. The summed E-state index contributed by atoms with van der Waals surface area (Å²) in [5.41, 5.74) is 2.06. The minimum absolute atomic E-state index is 0.118. The molecular weight excluding hydrogens is 382 g/mol. The minimum Gasteiger partial charge on any atom is -0.373 e. The van der Waals surface area contributed by atoms with Crippen LogP contribution in [0.5, 0.6) is 0 Å². The lowest BCUT2D eigenvalue weighted by Gasteiger charge is -2.36. The number of nitro benzene ring substituents is 1. The summed E-state index contributed by atoms with van der Waals surface area (Å²) >= 11 is 0. The number of nitrogens with one attached hydrogen (secondary N) is 1. The van der Waals surface area contributed by atoms with E-state index in [0.717, 1.165) is 38.7 Å². The first-order valence-corrected chi connectivity index (χ1v) is 10.2. The second kappa shape index (κ2) is 9.23. The van der Waals surface area contributed by atoms with Crippen LogP contribution >= 0.6 is 0 Å². The summed E-state index contributed by atoms with van der Waals surface area (Å²) in [5, 5.41) is 14.6. The number of morpholine rings is 1. The molecule has 2 fully saturated rings. The van der Waals surface area contributed by atoms with E-state index in [2.05, 4.69) is 44.4 Å². The van der Waals surface area contributed by atoms with Gasteiger partial charge in [0.15, 0.2) is 5.96 Å². The highest BCUT2D eigenvalue weighted by Crippen LogP contribution is 2.25. The van der Waals surface area contributed by atoms with Crippen LogP contribution in [0.2, 0.25) is 0 Å². The summed E-state index contributed by atoms with van der Waals surface area (Å²) in [6.07, 6.45) is 0.132. The molecule has 0 saturated carbocycles. The third-order valence-electron chi connectivity index (χ3n) is 5.78. The van der Waals surface area contributed by atoms with Crippen LogP contribution in [0.4, 0.5) is 5.69 Å². The molecule has 0 spiro atoms. The van der Waals surface area contributed by atoms with Crippen molar-refractivity contribution < 1.29 is 9.66 Å². The second-order valence-electron chi connectivity index (χ2n) is 7.62. The third kappa shape index (κ3) is 4.44. The van der Waals surface area contributed by atoms with Gasteiger partial charge in [0.25, 0.3) is 5.69 Å². The van der Waals surface area contributed by atoms with Crippen LogP contribution in [-0.2, 0) is 17.8 Å². The zero-order chi connectivity index (χ0) is 20.9. The van der Waals surface area contributed by atoms with Gasteiger partial charge in [0.2, 0.25) is 0 Å². The Labute approximate surface area is 176 Å². The predicted molar refractivity (Wildman–Crippen MR) is 115 cm³/mol. The fourth-order valence-electron chi connectivity index (χ4n) is 4.29. The van der Waals surface area contributed by atoms with Gasteiger partial charge in [-0.2, -0.15) is 0 Å². The average molecular weight is 409 g/mol. The van der Waals surface area contributed by atoms with Gasteiger partial charge in [-0.3, -0.25) is 20.0 Å². The molecular formula is C22H27N5O3. The van der Waals surface area contributed by atoms with Crippen molar-refractivity contribution in [3.8, 4) is 0 Å². The number of benzene rings is 2. The first kappa shape index (κ1) is 20.3. The smallest absolute Gasteiger partial charge is 0.274 e. The van der Waals surface area contributed by atoms with E-state index in [0.29, 0.717) is 18.2 Å². The third-order valence-corrected chi connectivity index (χ3v) is 5.78. The number of fused-ring (bicyclic) bond motifs is 1. The first-order valence-electron chi connectivity index (χ1n) is 10.2. The fourth-order valence-corrected chi connectivity index (χ4v) is 4.29. The van der Waals surface area contributed by atoms with Crippen molar-refractivity contribution in [2.24, 2.45) is 4.99 Å². The lowest BCUT2D eigenvalue weighted by atomic mass is 10.1. The number of rotatable bonds is 5. The zero-order valence-electron chi connectivity index (χ0n) is 17.1. The highest BCUT2D eigenvalue weighted by molar-refractivity contribution is 5.80. The maximum atomic E-state index is 11.3. The van der Waals surface area contributed by atoms with Crippen LogP contribution in [-0.4, -0.2) is 66.1 Å². The molecule has 2 aliphatic heterocycles. The van der Waals surface area contributed by atoms with Crippen molar-refractivity contribution in [2.45, 2.75) is 25.2 Å². The standard InChI is InChI=1S/C22H27N5O3/c1-23-22(24-13-18-9-5-6-10-19(18)27(28)29)26-15-20-21(16-26)30-12-11-25(20)14-17-7-3-2-4-8-17/h2-10,20-21H,11-16H2,1H3,(H,23,24). The van der Waals surface area contributed by atoms with Crippen molar-refractivity contribution in [3.63, 3.8) is 0 Å². The van der Waals surface area contributed by atoms with E-state index in [1.54, 1.807) is 19.2 Å². The molecule has 2 atom stereocenters. The summed E-state index contributed by atoms with van der Waals surface area (Å²) in [6, 6.07) is 17.6. The number of aliphatic imine (C=N–C) groups is 1. The monoisotopic (exact) mass is 409 g/mol. The highest BCUT2D eigenvalue weighted by Gasteiger charge is 2.41. The Morgan fingerprint density at radius 2 is 1.97 bits per heavy atom. The van der Waals surface area contributed by atoms with E-state index in [-0.39, 0.29) is 16.7 Å². The minimum atomic E-state index is -0.348. The number of likely N-dealkylation sites (tertiary alicyclic amines) is 1. The molecule has 8 nitrogen and oxygen atoms in total. The lowest BCUT2D eigenvalue weighted by molar-refractivity contribution is -0.385. The van der Waals surface area contributed by atoms with Gasteiger partial charge < -0.3 is 15.0 Å². The predicted octanol–water partition coefficient (Wildman–Crippen LogP) is 2.26. The molecule has 0 aliphatic carbocycles. The second-order valence-corrected chi connectivity index (χ2v) is 7.62. The zero-order valence-corrected chi connectivity index (χ0v) is 17.1. The van der Waals surface area contributed by atoms with Crippen molar-refractivity contribution in [1.82, 2.24) is 15.1 Å². The Balaban J connectivity index is 1.41. The first-order chi connectivity index (χ1) is 14.7. The molecule has 2 aromatic carbocycles. The van der Waals surface area contributed by atoms with E-state index in [9.17, 15) is 10.1 Å². The quantitative estimate of drug-likeness (QED) is 0.353. The summed E-state index contributed by atoms with van der Waals surface area (Å²) in [4.78, 5) is 20.0. The molecule has 2 aromatic rings. The van der Waals surface area contributed by atoms with Crippen LogP contribution < -0.4 is 5.32 Å². The van der Waals surface area contributed by atoms with E-state index in [1.807, 2.05) is 12.1 Å². The Morgan fingerprint density at radius 1 is 1.20 bits per heavy atom. The molecule has 1 N–H and O–H groups in total. The van der Waals surface area contributed by atoms with E-state index >= 15 is 0 Å². The van der Waals surface area contributed by atoms with Gasteiger partial charge in [-0.15, -0.1) is 0 Å². The average Bonchev–Trinajstić information content (AvgIpc) is 3.20. The highest BCUT2D eigenvalue weighted by atomic mass is 16.6. The summed E-state index contributed by atoms with van der Waals surface area (Å²) in [7, 11) is 1.74. The van der Waals surface area contributed by atoms with Crippen LogP contribution in [0.3, 0.4) is 0 Å². The molecule has 8 heteroatoms. The van der Waals surface area contributed by atoms with Gasteiger partial charge in [0.1, 0.15) is 0 Å². The van der Waals surface area contributed by atoms with Crippen LogP contribution in [0.25, 0.3) is 0 Å². The number of nitrogens with zero attached hydrogens (tertiary/aromatic N) is 4. The Hall–Kier alpha value is -2.97. The van der Waals surface area contributed by atoms with Crippen molar-refractivity contribution in [3.05, 3.63) is 75.8 Å². The van der Waals surface area contributed by atoms with Gasteiger partial charge in [-0.25, -0.2) is 0 Å². The molecule has 2 unspecified atom stereocenters. The van der Waals surface area contributed by atoms with Crippen molar-refractivity contribution in [1.29, 1.82) is 0 Å². The summed E-state index contributed by atoms with van der Waals surface area (Å²) < 4.78 is 6.05. The van der Waals surface area contributed by atoms with Gasteiger partial charge in [0, 0.05) is 51.4 Å².